The normalized spacial score (nSPS) is 18.9. The molecule has 1 fully saturated rings. The maximum atomic E-state index is 4.67. The fourth-order valence-electron chi connectivity index (χ4n) is 3.02. The minimum Gasteiger partial charge on any atom is -0.352 e. The van der Waals surface area contributed by atoms with Gasteiger partial charge in [0, 0.05) is 40.6 Å². The molecule has 20 heavy (non-hydrogen) atoms. The van der Waals surface area contributed by atoms with Crippen molar-refractivity contribution in [3.63, 3.8) is 0 Å². The van der Waals surface area contributed by atoms with Gasteiger partial charge in [-0.3, -0.25) is 0 Å². The Hall–Kier alpha value is -1.13. The Morgan fingerprint density at radius 2 is 2.25 bits per heavy atom. The molecule has 4 heteroatoms. The lowest BCUT2D eigenvalue weighted by Crippen LogP contribution is -2.38. The summed E-state index contributed by atoms with van der Waals surface area (Å²) in [5, 5.41) is 5.95. The second-order valence-electron chi connectivity index (χ2n) is 5.27. The van der Waals surface area contributed by atoms with Crippen molar-refractivity contribution in [1.82, 2.24) is 10.3 Å². The van der Waals surface area contributed by atoms with Crippen LogP contribution in [0.25, 0.3) is 10.8 Å². The molecule has 0 amide bonds. The summed E-state index contributed by atoms with van der Waals surface area (Å²) < 4.78 is 1.14. The van der Waals surface area contributed by atoms with Crippen LogP contribution >= 0.6 is 15.9 Å². The van der Waals surface area contributed by atoms with Crippen molar-refractivity contribution in [1.29, 1.82) is 0 Å². The summed E-state index contributed by atoms with van der Waals surface area (Å²) in [6.07, 6.45) is 4.42. The summed E-state index contributed by atoms with van der Waals surface area (Å²) in [7, 11) is 0. The molecule has 0 radical (unpaired) electrons. The van der Waals surface area contributed by atoms with Crippen molar-refractivity contribution in [2.24, 2.45) is 0 Å². The highest BCUT2D eigenvalue weighted by atomic mass is 79.9. The quantitative estimate of drug-likeness (QED) is 0.926. The van der Waals surface area contributed by atoms with Crippen molar-refractivity contribution in [2.45, 2.75) is 25.8 Å². The van der Waals surface area contributed by atoms with E-state index >= 15 is 0 Å². The lowest BCUT2D eigenvalue weighted by molar-refractivity contribution is 0.585. The highest BCUT2D eigenvalue weighted by molar-refractivity contribution is 9.10. The van der Waals surface area contributed by atoms with Crippen LogP contribution in [0.3, 0.4) is 0 Å². The van der Waals surface area contributed by atoms with E-state index in [0.29, 0.717) is 6.04 Å². The van der Waals surface area contributed by atoms with Crippen molar-refractivity contribution < 1.29 is 0 Å². The highest BCUT2D eigenvalue weighted by Crippen LogP contribution is 2.33. The molecule has 1 N–H and O–H groups in total. The van der Waals surface area contributed by atoms with Gasteiger partial charge in [0.2, 0.25) is 0 Å². The molecule has 1 aliphatic heterocycles. The van der Waals surface area contributed by atoms with Gasteiger partial charge in [-0.15, -0.1) is 0 Å². The number of nitrogens with zero attached hydrogens (tertiary/aromatic N) is 2. The summed E-state index contributed by atoms with van der Waals surface area (Å²) in [4.78, 5) is 7.14. The molecule has 0 spiro atoms. The molecule has 3 rings (SSSR count). The smallest absolute Gasteiger partial charge is 0.136 e. The average Bonchev–Trinajstić information content (AvgIpc) is 2.93. The number of pyridine rings is 1. The Morgan fingerprint density at radius 1 is 1.35 bits per heavy atom. The minimum absolute atomic E-state index is 0.562. The first-order chi connectivity index (χ1) is 9.81. The number of fused-ring (bicyclic) bond motifs is 1. The van der Waals surface area contributed by atoms with E-state index in [1.165, 1.54) is 23.6 Å². The summed E-state index contributed by atoms with van der Waals surface area (Å²) >= 11 is 3.64. The maximum Gasteiger partial charge on any atom is 0.136 e. The number of rotatable bonds is 4. The third-order valence-corrected chi connectivity index (χ3v) is 4.70. The van der Waals surface area contributed by atoms with Crippen LogP contribution in [0.4, 0.5) is 5.82 Å². The molecule has 0 saturated carbocycles. The number of aromatic nitrogens is 1. The number of hydrogen-bond donors (Lipinski definition) is 1. The monoisotopic (exact) mass is 333 g/mol. The van der Waals surface area contributed by atoms with Crippen LogP contribution in [0.1, 0.15) is 19.8 Å². The Kier molecular flexibility index (Phi) is 4.22. The largest absolute Gasteiger partial charge is 0.352 e. The zero-order chi connectivity index (χ0) is 13.9. The summed E-state index contributed by atoms with van der Waals surface area (Å²) in [5.41, 5.74) is 0. The van der Waals surface area contributed by atoms with E-state index in [-0.39, 0.29) is 0 Å². The predicted octanol–water partition coefficient (Wildman–Crippen LogP) is 3.58. The third-order valence-electron chi connectivity index (χ3n) is 4.01. The van der Waals surface area contributed by atoms with E-state index in [2.05, 4.69) is 62.3 Å². The molecule has 0 aliphatic carbocycles. The second-order valence-corrected chi connectivity index (χ2v) is 6.12. The Morgan fingerprint density at radius 3 is 3.10 bits per heavy atom. The first-order valence-electron chi connectivity index (χ1n) is 7.32. The van der Waals surface area contributed by atoms with E-state index in [4.69, 9.17) is 0 Å². The van der Waals surface area contributed by atoms with E-state index in [0.717, 1.165) is 29.9 Å². The third kappa shape index (κ3) is 2.54. The molecular formula is C16H20BrN3. The molecule has 1 aliphatic rings. The lowest BCUT2D eigenvalue weighted by atomic mass is 10.1. The number of hydrogen-bond acceptors (Lipinski definition) is 3. The van der Waals surface area contributed by atoms with Gasteiger partial charge in [0.1, 0.15) is 5.82 Å². The molecule has 1 aromatic heterocycles. The van der Waals surface area contributed by atoms with Crippen LogP contribution in [0.5, 0.6) is 0 Å². The molecule has 1 atom stereocenters. The number of benzene rings is 1. The van der Waals surface area contributed by atoms with Gasteiger partial charge in [0.15, 0.2) is 0 Å². The van der Waals surface area contributed by atoms with Crippen LogP contribution in [0.2, 0.25) is 0 Å². The van der Waals surface area contributed by atoms with Gasteiger partial charge in [-0.1, -0.05) is 35.0 Å². The number of nitrogens with one attached hydrogen (secondary N) is 1. The summed E-state index contributed by atoms with van der Waals surface area (Å²) in [5.74, 6) is 1.13. The van der Waals surface area contributed by atoms with E-state index < -0.39 is 0 Å². The van der Waals surface area contributed by atoms with Gasteiger partial charge < -0.3 is 10.2 Å². The lowest BCUT2D eigenvalue weighted by Gasteiger charge is -2.27. The standard InChI is InChI=1S/C16H20BrN3/c1-2-18-11-12-5-4-10-20(12)16-14-6-3-7-15(17)13(14)8-9-19-16/h3,6-9,12,18H,2,4-5,10-11H2,1H3. The molecular weight excluding hydrogens is 314 g/mol. The van der Waals surface area contributed by atoms with Gasteiger partial charge in [-0.25, -0.2) is 4.98 Å². The van der Waals surface area contributed by atoms with Crippen molar-refractivity contribution in [2.75, 3.05) is 24.5 Å². The van der Waals surface area contributed by atoms with Crippen molar-refractivity contribution in [3.05, 3.63) is 34.9 Å². The number of anilines is 1. The molecule has 1 unspecified atom stereocenters. The van der Waals surface area contributed by atoms with Crippen molar-refractivity contribution >= 4 is 32.5 Å². The zero-order valence-electron chi connectivity index (χ0n) is 11.8. The molecule has 2 aromatic rings. The zero-order valence-corrected chi connectivity index (χ0v) is 13.4. The summed E-state index contributed by atoms with van der Waals surface area (Å²) in [6.45, 7) is 5.34. The Bertz CT molecular complexity index is 599. The maximum absolute atomic E-state index is 4.67. The van der Waals surface area contributed by atoms with Crippen LogP contribution in [0.15, 0.2) is 34.9 Å². The summed E-state index contributed by atoms with van der Waals surface area (Å²) in [6, 6.07) is 9.00. The van der Waals surface area contributed by atoms with E-state index in [1.807, 2.05) is 6.20 Å². The Labute approximate surface area is 128 Å². The SMILES string of the molecule is CCNCC1CCCN1c1nccc2c(Br)cccc12. The average molecular weight is 334 g/mol. The van der Waals surface area contributed by atoms with E-state index in [1.54, 1.807) is 0 Å². The van der Waals surface area contributed by atoms with Crippen LogP contribution < -0.4 is 10.2 Å². The van der Waals surface area contributed by atoms with E-state index in [9.17, 15) is 0 Å². The first-order valence-corrected chi connectivity index (χ1v) is 8.11. The fourth-order valence-corrected chi connectivity index (χ4v) is 3.52. The molecule has 2 heterocycles. The van der Waals surface area contributed by atoms with Crippen LogP contribution in [0, 0.1) is 0 Å². The van der Waals surface area contributed by atoms with Crippen molar-refractivity contribution in [3.8, 4) is 0 Å². The number of likely N-dealkylation sites (N-methyl/N-ethyl adjacent to an activating group) is 1. The second kappa shape index (κ2) is 6.10. The van der Waals surface area contributed by atoms with Crippen LogP contribution in [-0.4, -0.2) is 30.7 Å². The minimum atomic E-state index is 0.562. The topological polar surface area (TPSA) is 28.2 Å². The van der Waals surface area contributed by atoms with Gasteiger partial charge in [0.25, 0.3) is 0 Å². The van der Waals surface area contributed by atoms with Crippen LogP contribution in [-0.2, 0) is 0 Å². The first kappa shape index (κ1) is 13.8. The fraction of sp³-hybridized carbons (Fsp3) is 0.438. The molecule has 0 bridgehead atoms. The van der Waals surface area contributed by atoms with Gasteiger partial charge in [0.05, 0.1) is 0 Å². The van der Waals surface area contributed by atoms with Gasteiger partial charge in [-0.2, -0.15) is 0 Å². The predicted molar refractivity (Wildman–Crippen MR) is 88.4 cm³/mol. The Balaban J connectivity index is 1.99. The van der Waals surface area contributed by atoms with Gasteiger partial charge >= 0.3 is 0 Å². The molecule has 1 saturated heterocycles. The molecule has 106 valence electrons. The molecule has 3 nitrogen and oxygen atoms in total. The van der Waals surface area contributed by atoms with Gasteiger partial charge in [-0.05, 0) is 31.5 Å². The molecule has 1 aromatic carbocycles. The highest BCUT2D eigenvalue weighted by Gasteiger charge is 2.26. The number of halogens is 1.